The van der Waals surface area contributed by atoms with E-state index in [0.717, 1.165) is 25.7 Å². The molecule has 0 fully saturated rings. The molecule has 0 aromatic carbocycles. The molecule has 0 bridgehead atoms. The van der Waals surface area contributed by atoms with Crippen LogP contribution in [0.1, 0.15) is 53.4 Å². The Morgan fingerprint density at radius 1 is 0.941 bits per heavy atom. The normalized spacial score (nSPS) is 12.9. The maximum Gasteiger partial charge on any atom is 0.259 e. The number of hydrogen-bond donors (Lipinski definition) is 0. The monoisotopic (exact) mass is 238 g/mol. The van der Waals surface area contributed by atoms with Crippen molar-refractivity contribution in [3.8, 4) is 0 Å². The Labute approximate surface area is 106 Å². The third-order valence-corrected chi connectivity index (χ3v) is 2.00. The molecule has 98 valence electrons. The lowest BCUT2D eigenvalue weighted by Gasteiger charge is -2.12. The Morgan fingerprint density at radius 2 is 1.41 bits per heavy atom. The smallest absolute Gasteiger partial charge is 0.259 e. The zero-order valence-corrected chi connectivity index (χ0v) is 11.6. The van der Waals surface area contributed by atoms with Gasteiger partial charge in [0.25, 0.3) is 6.29 Å². The quantitative estimate of drug-likeness (QED) is 0.322. The van der Waals surface area contributed by atoms with E-state index >= 15 is 0 Å². The molecule has 0 spiro atoms. The SMILES string of the molecule is CCCC=COC(C=C(C)C)OC=CCCC. The van der Waals surface area contributed by atoms with Crippen molar-refractivity contribution in [2.24, 2.45) is 0 Å². The predicted molar refractivity (Wildman–Crippen MR) is 73.5 cm³/mol. The number of hydrogen-bond acceptors (Lipinski definition) is 2. The highest BCUT2D eigenvalue weighted by Crippen LogP contribution is 2.04. The molecule has 0 radical (unpaired) electrons. The van der Waals surface area contributed by atoms with Crippen LogP contribution < -0.4 is 0 Å². The molecule has 0 unspecified atom stereocenters. The van der Waals surface area contributed by atoms with Crippen molar-refractivity contribution < 1.29 is 9.47 Å². The van der Waals surface area contributed by atoms with E-state index < -0.39 is 0 Å². The molecular weight excluding hydrogens is 212 g/mol. The summed E-state index contributed by atoms with van der Waals surface area (Å²) >= 11 is 0. The van der Waals surface area contributed by atoms with Crippen molar-refractivity contribution in [3.05, 3.63) is 36.3 Å². The number of allylic oxidation sites excluding steroid dienone is 3. The van der Waals surface area contributed by atoms with Crippen molar-refractivity contribution in [2.45, 2.75) is 59.7 Å². The van der Waals surface area contributed by atoms with Crippen molar-refractivity contribution in [2.75, 3.05) is 0 Å². The second-order valence-electron chi connectivity index (χ2n) is 4.21. The average Bonchev–Trinajstić information content (AvgIpc) is 2.29. The number of unbranched alkanes of at least 4 members (excludes halogenated alkanes) is 2. The van der Waals surface area contributed by atoms with Gasteiger partial charge in [-0.15, -0.1) is 0 Å². The lowest BCUT2D eigenvalue weighted by Crippen LogP contribution is -2.08. The molecule has 0 aliphatic carbocycles. The first-order chi connectivity index (χ1) is 8.20. The van der Waals surface area contributed by atoms with Gasteiger partial charge in [0.05, 0.1) is 12.5 Å². The van der Waals surface area contributed by atoms with Crippen LogP contribution in [-0.4, -0.2) is 6.29 Å². The van der Waals surface area contributed by atoms with E-state index in [0.29, 0.717) is 0 Å². The maximum atomic E-state index is 5.50. The molecule has 2 heteroatoms. The lowest BCUT2D eigenvalue weighted by atomic mass is 10.3. The Kier molecular flexibility index (Phi) is 10.5. The largest absolute Gasteiger partial charge is 0.459 e. The Hall–Kier alpha value is -1.18. The summed E-state index contributed by atoms with van der Waals surface area (Å²) < 4.78 is 11.0. The Morgan fingerprint density at radius 3 is 1.76 bits per heavy atom. The zero-order valence-electron chi connectivity index (χ0n) is 11.6. The zero-order chi connectivity index (χ0) is 12.9. The minimum atomic E-state index is -0.318. The molecule has 0 aliphatic rings. The van der Waals surface area contributed by atoms with Gasteiger partial charge in [-0.05, 0) is 44.9 Å². The molecule has 0 atom stereocenters. The first kappa shape index (κ1) is 15.8. The molecule has 0 rings (SSSR count). The van der Waals surface area contributed by atoms with Crippen LogP contribution >= 0.6 is 0 Å². The van der Waals surface area contributed by atoms with Crippen LogP contribution in [-0.2, 0) is 9.47 Å². The predicted octanol–water partition coefficient (Wildman–Crippen LogP) is 4.94. The van der Waals surface area contributed by atoms with Gasteiger partial charge in [-0.3, -0.25) is 0 Å². The molecule has 17 heavy (non-hydrogen) atoms. The fourth-order valence-electron chi connectivity index (χ4n) is 1.12. The van der Waals surface area contributed by atoms with Gasteiger partial charge in [0.2, 0.25) is 0 Å². The average molecular weight is 238 g/mol. The molecule has 0 heterocycles. The number of ether oxygens (including phenoxy) is 2. The summed E-state index contributed by atoms with van der Waals surface area (Å²) in [7, 11) is 0. The van der Waals surface area contributed by atoms with Crippen LogP contribution in [0, 0.1) is 0 Å². The van der Waals surface area contributed by atoms with E-state index in [1.54, 1.807) is 12.5 Å². The molecule has 0 amide bonds. The first-order valence-electron chi connectivity index (χ1n) is 6.46. The standard InChI is InChI=1S/C15H26O2/c1-5-7-9-11-16-15(13-14(3)4)17-12-10-8-6-2/h9-13,15H,5-8H2,1-4H3. The minimum Gasteiger partial charge on any atom is -0.459 e. The lowest BCUT2D eigenvalue weighted by molar-refractivity contribution is -0.0240. The van der Waals surface area contributed by atoms with E-state index in [2.05, 4.69) is 13.8 Å². The highest BCUT2D eigenvalue weighted by atomic mass is 16.7. The fraction of sp³-hybridized carbons (Fsp3) is 0.600. The summed E-state index contributed by atoms with van der Waals surface area (Å²) in [6.07, 6.45) is 13.5. The van der Waals surface area contributed by atoms with Gasteiger partial charge in [-0.2, -0.15) is 0 Å². The van der Waals surface area contributed by atoms with Crippen molar-refractivity contribution in [1.29, 1.82) is 0 Å². The van der Waals surface area contributed by atoms with Crippen molar-refractivity contribution in [1.82, 2.24) is 0 Å². The van der Waals surface area contributed by atoms with Crippen LogP contribution in [0.3, 0.4) is 0 Å². The number of rotatable bonds is 9. The fourth-order valence-corrected chi connectivity index (χ4v) is 1.12. The molecule has 0 aromatic heterocycles. The van der Waals surface area contributed by atoms with Gasteiger partial charge in [0, 0.05) is 0 Å². The van der Waals surface area contributed by atoms with Crippen molar-refractivity contribution in [3.63, 3.8) is 0 Å². The molecule has 0 N–H and O–H groups in total. The van der Waals surface area contributed by atoms with Gasteiger partial charge in [-0.25, -0.2) is 0 Å². The molecule has 0 saturated heterocycles. The summed E-state index contributed by atoms with van der Waals surface area (Å²) in [5.41, 5.74) is 1.18. The van der Waals surface area contributed by atoms with E-state index in [9.17, 15) is 0 Å². The van der Waals surface area contributed by atoms with Crippen LogP contribution in [0.4, 0.5) is 0 Å². The van der Waals surface area contributed by atoms with Crippen molar-refractivity contribution >= 4 is 0 Å². The summed E-state index contributed by atoms with van der Waals surface area (Å²) in [5.74, 6) is 0. The molecule has 0 aliphatic heterocycles. The second kappa shape index (κ2) is 11.3. The molecular formula is C15H26O2. The van der Waals surface area contributed by atoms with E-state index in [1.165, 1.54) is 5.57 Å². The third kappa shape index (κ3) is 11.1. The van der Waals surface area contributed by atoms with Crippen LogP contribution in [0.15, 0.2) is 36.3 Å². The molecule has 2 nitrogen and oxygen atoms in total. The van der Waals surface area contributed by atoms with E-state index in [-0.39, 0.29) is 6.29 Å². The topological polar surface area (TPSA) is 18.5 Å². The summed E-state index contributed by atoms with van der Waals surface area (Å²) in [5, 5.41) is 0. The van der Waals surface area contributed by atoms with E-state index in [4.69, 9.17) is 9.47 Å². The Bertz CT molecular complexity index is 230. The van der Waals surface area contributed by atoms with Crippen LogP contribution in [0.5, 0.6) is 0 Å². The molecule has 0 aromatic rings. The van der Waals surface area contributed by atoms with Crippen LogP contribution in [0.25, 0.3) is 0 Å². The van der Waals surface area contributed by atoms with Gasteiger partial charge in [0.1, 0.15) is 0 Å². The minimum absolute atomic E-state index is 0.318. The maximum absolute atomic E-state index is 5.50. The van der Waals surface area contributed by atoms with Gasteiger partial charge in [0.15, 0.2) is 0 Å². The Balaban J connectivity index is 4.10. The van der Waals surface area contributed by atoms with E-state index in [1.807, 2.05) is 32.1 Å². The van der Waals surface area contributed by atoms with Gasteiger partial charge < -0.3 is 9.47 Å². The summed E-state index contributed by atoms with van der Waals surface area (Å²) in [6.45, 7) is 8.35. The first-order valence-corrected chi connectivity index (χ1v) is 6.46. The van der Waals surface area contributed by atoms with Crippen LogP contribution in [0.2, 0.25) is 0 Å². The third-order valence-electron chi connectivity index (χ3n) is 2.00. The second-order valence-corrected chi connectivity index (χ2v) is 4.21. The summed E-state index contributed by atoms with van der Waals surface area (Å²) in [4.78, 5) is 0. The highest BCUT2D eigenvalue weighted by Gasteiger charge is 2.01. The van der Waals surface area contributed by atoms with Gasteiger partial charge in [-0.1, -0.05) is 32.3 Å². The molecule has 0 saturated carbocycles. The summed E-state index contributed by atoms with van der Waals surface area (Å²) in [6, 6.07) is 0. The van der Waals surface area contributed by atoms with Gasteiger partial charge >= 0.3 is 0 Å². The highest BCUT2D eigenvalue weighted by molar-refractivity contribution is 4.97.